The topological polar surface area (TPSA) is 59.9 Å². The molecule has 2 aromatic rings. The zero-order valence-corrected chi connectivity index (χ0v) is 14.0. The highest BCUT2D eigenvalue weighted by molar-refractivity contribution is 8.13. The molecule has 0 spiro atoms. The van der Waals surface area contributed by atoms with E-state index in [0.29, 0.717) is 11.5 Å². The highest BCUT2D eigenvalue weighted by atomic mass is 32.2. The van der Waals surface area contributed by atoms with Crippen molar-refractivity contribution in [1.29, 1.82) is 0 Å². The molecule has 0 atom stereocenters. The summed E-state index contributed by atoms with van der Waals surface area (Å²) < 4.78 is 0. The van der Waals surface area contributed by atoms with Crippen LogP contribution >= 0.6 is 23.5 Å². The van der Waals surface area contributed by atoms with Crippen LogP contribution in [0.15, 0.2) is 36.7 Å². The Morgan fingerprint density at radius 2 is 1.27 bits per heavy atom. The van der Waals surface area contributed by atoms with E-state index in [1.807, 2.05) is 24.3 Å². The minimum absolute atomic E-state index is 0.0970. The highest BCUT2D eigenvalue weighted by Crippen LogP contribution is 2.21. The Balaban J connectivity index is 2.16. The summed E-state index contributed by atoms with van der Waals surface area (Å²) >= 11 is 2.55. The Morgan fingerprint density at radius 3 is 1.64 bits per heavy atom. The molecule has 0 aromatic carbocycles. The van der Waals surface area contributed by atoms with Crippen molar-refractivity contribution in [1.82, 2.24) is 9.97 Å². The van der Waals surface area contributed by atoms with Gasteiger partial charge in [-0.1, -0.05) is 23.5 Å². The van der Waals surface area contributed by atoms with Gasteiger partial charge in [0.1, 0.15) is 0 Å². The summed E-state index contributed by atoms with van der Waals surface area (Å²) in [7, 11) is 0. The lowest BCUT2D eigenvalue weighted by Gasteiger charge is -2.05. The van der Waals surface area contributed by atoms with E-state index in [0.717, 1.165) is 22.5 Å². The zero-order chi connectivity index (χ0) is 15.9. The normalized spacial score (nSPS) is 10.5. The van der Waals surface area contributed by atoms with Crippen molar-refractivity contribution in [2.75, 3.05) is 0 Å². The monoisotopic (exact) mass is 332 g/mol. The molecular formula is C16H16N2O2S2. The third-order valence-electron chi connectivity index (χ3n) is 2.80. The van der Waals surface area contributed by atoms with Crippen molar-refractivity contribution in [2.24, 2.45) is 0 Å². The van der Waals surface area contributed by atoms with Crippen LogP contribution in [0.25, 0.3) is 11.4 Å². The average Bonchev–Trinajstić information content (AvgIpc) is 2.51. The van der Waals surface area contributed by atoms with Gasteiger partial charge >= 0.3 is 0 Å². The lowest BCUT2D eigenvalue weighted by atomic mass is 10.1. The van der Waals surface area contributed by atoms with Gasteiger partial charge in [-0.3, -0.25) is 19.6 Å². The van der Waals surface area contributed by atoms with Crippen molar-refractivity contribution in [3.8, 4) is 11.4 Å². The van der Waals surface area contributed by atoms with Gasteiger partial charge in [0.2, 0.25) is 0 Å². The predicted molar refractivity (Wildman–Crippen MR) is 91.4 cm³/mol. The Morgan fingerprint density at radius 1 is 0.864 bits per heavy atom. The van der Waals surface area contributed by atoms with Gasteiger partial charge in [-0.05, 0) is 35.4 Å². The van der Waals surface area contributed by atoms with Gasteiger partial charge in [0.15, 0.2) is 10.2 Å². The van der Waals surface area contributed by atoms with Gasteiger partial charge in [0, 0.05) is 37.7 Å². The molecule has 0 saturated carbocycles. The van der Waals surface area contributed by atoms with Crippen LogP contribution in [-0.2, 0) is 21.1 Å². The van der Waals surface area contributed by atoms with E-state index >= 15 is 0 Å². The molecule has 2 aromatic heterocycles. The number of pyridine rings is 2. The molecule has 22 heavy (non-hydrogen) atoms. The SMILES string of the molecule is CC(=O)SCc1ccnc(-c2cc(CSC(C)=O)ccn2)c1. The second kappa shape index (κ2) is 8.10. The van der Waals surface area contributed by atoms with Crippen LogP contribution < -0.4 is 0 Å². The van der Waals surface area contributed by atoms with Crippen molar-refractivity contribution in [2.45, 2.75) is 25.4 Å². The first-order chi connectivity index (χ1) is 10.5. The van der Waals surface area contributed by atoms with E-state index in [4.69, 9.17) is 0 Å². The molecule has 0 aliphatic rings. The van der Waals surface area contributed by atoms with Gasteiger partial charge < -0.3 is 0 Å². The predicted octanol–water partition coefficient (Wildman–Crippen LogP) is 3.70. The number of carbonyl (C=O) groups excluding carboxylic acids is 2. The molecule has 0 N–H and O–H groups in total. The summed E-state index contributed by atoms with van der Waals surface area (Å²) in [5, 5.41) is 0.194. The molecule has 0 unspecified atom stereocenters. The van der Waals surface area contributed by atoms with Gasteiger partial charge in [-0.25, -0.2) is 0 Å². The third kappa shape index (κ3) is 5.27. The molecule has 2 rings (SSSR count). The van der Waals surface area contributed by atoms with Crippen LogP contribution in [0.3, 0.4) is 0 Å². The maximum atomic E-state index is 11.0. The van der Waals surface area contributed by atoms with Gasteiger partial charge in [0.05, 0.1) is 11.4 Å². The maximum absolute atomic E-state index is 11.0. The maximum Gasteiger partial charge on any atom is 0.186 e. The summed E-state index contributed by atoms with van der Waals surface area (Å²) in [4.78, 5) is 30.8. The number of rotatable bonds is 5. The number of thioether (sulfide) groups is 2. The molecule has 0 amide bonds. The summed E-state index contributed by atoms with van der Waals surface area (Å²) in [6.07, 6.45) is 3.45. The van der Waals surface area contributed by atoms with Crippen LogP contribution in [0.4, 0.5) is 0 Å². The summed E-state index contributed by atoms with van der Waals surface area (Å²) in [5.74, 6) is 1.26. The van der Waals surface area contributed by atoms with Crippen LogP contribution in [0, 0.1) is 0 Å². The Labute approximate surface area is 138 Å². The average molecular weight is 332 g/mol. The summed E-state index contributed by atoms with van der Waals surface area (Å²) in [5.41, 5.74) is 3.62. The first kappa shape index (κ1) is 16.7. The Bertz CT molecular complexity index is 630. The van der Waals surface area contributed by atoms with E-state index in [2.05, 4.69) is 9.97 Å². The lowest BCUT2D eigenvalue weighted by molar-refractivity contribution is -0.109. The number of hydrogen-bond acceptors (Lipinski definition) is 6. The molecule has 114 valence electrons. The van der Waals surface area contributed by atoms with Crippen LogP contribution in [-0.4, -0.2) is 20.2 Å². The standard InChI is InChI=1S/C16H16N2O2S2/c1-11(19)21-9-13-3-5-17-15(7-13)16-8-14(4-6-18-16)10-22-12(2)20/h3-8H,9-10H2,1-2H3. The van der Waals surface area contributed by atoms with E-state index in [1.54, 1.807) is 26.2 Å². The summed E-state index contributed by atoms with van der Waals surface area (Å²) in [6, 6.07) is 7.68. The number of carbonyl (C=O) groups is 2. The Hall–Kier alpha value is -1.66. The fourth-order valence-corrected chi connectivity index (χ4v) is 2.88. The molecule has 2 heterocycles. The molecule has 0 aliphatic carbocycles. The molecule has 0 fully saturated rings. The van der Waals surface area contributed by atoms with Crippen LogP contribution in [0.1, 0.15) is 25.0 Å². The van der Waals surface area contributed by atoms with Gasteiger partial charge in [-0.15, -0.1) is 0 Å². The van der Waals surface area contributed by atoms with Crippen LogP contribution in [0.2, 0.25) is 0 Å². The van der Waals surface area contributed by atoms with Gasteiger partial charge in [0.25, 0.3) is 0 Å². The molecule has 0 saturated heterocycles. The second-order valence-corrected chi connectivity index (χ2v) is 6.96. The molecule has 6 heteroatoms. The number of aromatic nitrogens is 2. The number of nitrogens with zero attached hydrogens (tertiary/aromatic N) is 2. The molecule has 0 bridgehead atoms. The van der Waals surface area contributed by atoms with E-state index in [9.17, 15) is 9.59 Å². The van der Waals surface area contributed by atoms with E-state index < -0.39 is 0 Å². The van der Waals surface area contributed by atoms with E-state index in [-0.39, 0.29) is 10.2 Å². The minimum Gasteiger partial charge on any atom is -0.288 e. The van der Waals surface area contributed by atoms with E-state index in [1.165, 1.54) is 23.5 Å². The third-order valence-corrected chi connectivity index (χ3v) is 4.56. The smallest absolute Gasteiger partial charge is 0.186 e. The first-order valence-corrected chi connectivity index (χ1v) is 8.68. The van der Waals surface area contributed by atoms with Crippen molar-refractivity contribution in [3.05, 3.63) is 47.8 Å². The quantitative estimate of drug-likeness (QED) is 0.832. The first-order valence-electron chi connectivity index (χ1n) is 6.71. The fraction of sp³-hybridized carbons (Fsp3) is 0.250. The molecule has 4 nitrogen and oxygen atoms in total. The van der Waals surface area contributed by atoms with Crippen molar-refractivity contribution in [3.63, 3.8) is 0 Å². The van der Waals surface area contributed by atoms with Crippen molar-refractivity contribution < 1.29 is 9.59 Å². The molecule has 0 aliphatic heterocycles. The van der Waals surface area contributed by atoms with Gasteiger partial charge in [-0.2, -0.15) is 0 Å². The fourth-order valence-electron chi connectivity index (χ4n) is 1.78. The molecular weight excluding hydrogens is 316 g/mol. The van der Waals surface area contributed by atoms with Crippen molar-refractivity contribution >= 4 is 33.8 Å². The van der Waals surface area contributed by atoms with Crippen LogP contribution in [0.5, 0.6) is 0 Å². The largest absolute Gasteiger partial charge is 0.288 e. The Kier molecular flexibility index (Phi) is 6.15. The highest BCUT2D eigenvalue weighted by Gasteiger charge is 2.06. The zero-order valence-electron chi connectivity index (χ0n) is 12.4. The molecule has 0 radical (unpaired) electrons. The second-order valence-electron chi connectivity index (χ2n) is 4.66. The number of hydrogen-bond donors (Lipinski definition) is 0. The minimum atomic E-state index is 0.0970. The summed E-state index contributed by atoms with van der Waals surface area (Å²) in [6.45, 7) is 3.12. The lowest BCUT2D eigenvalue weighted by Crippen LogP contribution is -1.93.